The van der Waals surface area contributed by atoms with Crippen LogP contribution < -0.4 is 10.1 Å². The Balaban J connectivity index is 0.00000144. The molecule has 0 spiro atoms. The molecule has 2 atom stereocenters. The SMILES string of the molecule is CN(Cc1cc(Cl)cc2c1OCC2)C1CC2CCC(C1)N2.Cl. The molecule has 4 rings (SSSR count). The first-order chi connectivity index (χ1) is 10.2. The summed E-state index contributed by atoms with van der Waals surface area (Å²) in [6.07, 6.45) is 6.24. The number of rotatable bonds is 3. The van der Waals surface area contributed by atoms with Gasteiger partial charge < -0.3 is 10.1 Å². The normalized spacial score (nSPS) is 29.1. The minimum Gasteiger partial charge on any atom is -0.493 e. The lowest BCUT2D eigenvalue weighted by atomic mass is 9.98. The van der Waals surface area contributed by atoms with E-state index in [1.165, 1.54) is 36.8 Å². The zero-order valence-corrected chi connectivity index (χ0v) is 14.6. The molecule has 1 N–H and O–H groups in total. The van der Waals surface area contributed by atoms with Gasteiger partial charge in [-0.3, -0.25) is 4.90 Å². The molecule has 0 radical (unpaired) electrons. The van der Waals surface area contributed by atoms with Crippen molar-refractivity contribution in [3.63, 3.8) is 0 Å². The quantitative estimate of drug-likeness (QED) is 0.910. The van der Waals surface area contributed by atoms with Crippen molar-refractivity contribution < 1.29 is 4.74 Å². The van der Waals surface area contributed by atoms with Gasteiger partial charge in [0, 0.05) is 41.7 Å². The second-order valence-corrected chi connectivity index (χ2v) is 7.27. The van der Waals surface area contributed by atoms with E-state index in [4.69, 9.17) is 16.3 Å². The summed E-state index contributed by atoms with van der Waals surface area (Å²) in [6, 6.07) is 6.28. The highest BCUT2D eigenvalue weighted by atomic mass is 35.5. The molecule has 1 aromatic carbocycles. The topological polar surface area (TPSA) is 24.5 Å². The summed E-state index contributed by atoms with van der Waals surface area (Å²) in [5.41, 5.74) is 2.53. The minimum atomic E-state index is 0. The average molecular weight is 343 g/mol. The molecular formula is C17H24Cl2N2O. The highest BCUT2D eigenvalue weighted by molar-refractivity contribution is 6.30. The number of ether oxygens (including phenoxy) is 1. The van der Waals surface area contributed by atoms with Gasteiger partial charge in [-0.2, -0.15) is 0 Å². The van der Waals surface area contributed by atoms with Crippen molar-refractivity contribution in [1.29, 1.82) is 0 Å². The predicted molar refractivity (Wildman–Crippen MR) is 92.3 cm³/mol. The monoisotopic (exact) mass is 342 g/mol. The zero-order valence-electron chi connectivity index (χ0n) is 13.0. The number of benzene rings is 1. The number of nitrogens with zero attached hydrogens (tertiary/aromatic N) is 1. The molecule has 2 unspecified atom stereocenters. The van der Waals surface area contributed by atoms with Crippen LogP contribution in [-0.4, -0.2) is 36.7 Å². The number of fused-ring (bicyclic) bond motifs is 3. The van der Waals surface area contributed by atoms with Crippen LogP contribution in [0.15, 0.2) is 12.1 Å². The Morgan fingerprint density at radius 2 is 2.00 bits per heavy atom. The summed E-state index contributed by atoms with van der Waals surface area (Å²) < 4.78 is 5.83. The van der Waals surface area contributed by atoms with Crippen molar-refractivity contribution in [2.45, 2.75) is 56.8 Å². The summed E-state index contributed by atoms with van der Waals surface area (Å²) in [6.45, 7) is 1.73. The Kier molecular flexibility index (Phi) is 4.89. The van der Waals surface area contributed by atoms with Crippen LogP contribution in [0.1, 0.15) is 36.8 Å². The van der Waals surface area contributed by atoms with Crippen LogP contribution in [0.4, 0.5) is 0 Å². The van der Waals surface area contributed by atoms with E-state index in [-0.39, 0.29) is 12.4 Å². The van der Waals surface area contributed by atoms with Gasteiger partial charge in [-0.1, -0.05) is 11.6 Å². The minimum absolute atomic E-state index is 0. The maximum atomic E-state index is 6.27. The van der Waals surface area contributed by atoms with Crippen molar-refractivity contribution in [2.75, 3.05) is 13.7 Å². The summed E-state index contributed by atoms with van der Waals surface area (Å²) >= 11 is 6.27. The molecule has 5 heteroatoms. The van der Waals surface area contributed by atoms with Crippen molar-refractivity contribution in [1.82, 2.24) is 10.2 Å². The van der Waals surface area contributed by atoms with Gasteiger partial charge in [0.2, 0.25) is 0 Å². The first-order valence-corrected chi connectivity index (χ1v) is 8.47. The largest absolute Gasteiger partial charge is 0.493 e. The molecule has 3 nitrogen and oxygen atoms in total. The number of nitrogens with one attached hydrogen (secondary N) is 1. The van der Waals surface area contributed by atoms with Crippen LogP contribution in [0.5, 0.6) is 5.75 Å². The molecule has 22 heavy (non-hydrogen) atoms. The molecule has 122 valence electrons. The number of halogens is 2. The third kappa shape index (κ3) is 3.09. The van der Waals surface area contributed by atoms with E-state index >= 15 is 0 Å². The van der Waals surface area contributed by atoms with Gasteiger partial charge in [-0.25, -0.2) is 0 Å². The van der Waals surface area contributed by atoms with Gasteiger partial charge in [0.1, 0.15) is 5.75 Å². The van der Waals surface area contributed by atoms with E-state index in [1.807, 2.05) is 0 Å². The molecule has 3 heterocycles. The van der Waals surface area contributed by atoms with Crippen LogP contribution in [0, 0.1) is 0 Å². The first-order valence-electron chi connectivity index (χ1n) is 8.09. The number of hydrogen-bond donors (Lipinski definition) is 1. The smallest absolute Gasteiger partial charge is 0.127 e. The molecule has 1 aromatic rings. The highest BCUT2D eigenvalue weighted by Gasteiger charge is 2.35. The fourth-order valence-corrected chi connectivity index (χ4v) is 4.51. The van der Waals surface area contributed by atoms with Crippen molar-refractivity contribution in [3.8, 4) is 5.75 Å². The van der Waals surface area contributed by atoms with Gasteiger partial charge in [0.15, 0.2) is 0 Å². The summed E-state index contributed by atoms with van der Waals surface area (Å²) in [7, 11) is 2.25. The van der Waals surface area contributed by atoms with Gasteiger partial charge in [-0.15, -0.1) is 12.4 Å². The van der Waals surface area contributed by atoms with E-state index in [1.54, 1.807) is 0 Å². The van der Waals surface area contributed by atoms with Gasteiger partial charge in [-0.05, 0) is 50.4 Å². The zero-order chi connectivity index (χ0) is 14.4. The number of piperidine rings is 1. The summed E-state index contributed by atoms with van der Waals surface area (Å²) in [4.78, 5) is 2.50. The number of hydrogen-bond acceptors (Lipinski definition) is 3. The van der Waals surface area contributed by atoms with Gasteiger partial charge >= 0.3 is 0 Å². The van der Waals surface area contributed by atoms with Gasteiger partial charge in [0.05, 0.1) is 6.61 Å². The maximum absolute atomic E-state index is 6.27. The predicted octanol–water partition coefficient (Wildman–Crippen LogP) is 3.41. The first kappa shape index (κ1) is 16.4. The van der Waals surface area contributed by atoms with E-state index in [9.17, 15) is 0 Å². The highest BCUT2D eigenvalue weighted by Crippen LogP contribution is 2.35. The third-order valence-electron chi connectivity index (χ3n) is 5.32. The molecular weight excluding hydrogens is 319 g/mol. The van der Waals surface area contributed by atoms with Gasteiger partial charge in [0.25, 0.3) is 0 Å². The average Bonchev–Trinajstić information content (AvgIpc) is 3.05. The molecule has 2 fully saturated rings. The molecule has 0 saturated carbocycles. The fourth-order valence-electron chi connectivity index (χ4n) is 4.25. The van der Waals surface area contributed by atoms with E-state index in [0.717, 1.165) is 42.4 Å². The third-order valence-corrected chi connectivity index (χ3v) is 5.53. The van der Waals surface area contributed by atoms with Crippen molar-refractivity contribution >= 4 is 24.0 Å². The Morgan fingerprint density at radius 3 is 2.73 bits per heavy atom. The Hall–Kier alpha value is -0.480. The lowest BCUT2D eigenvalue weighted by Gasteiger charge is -2.35. The van der Waals surface area contributed by atoms with E-state index < -0.39 is 0 Å². The Morgan fingerprint density at radius 1 is 1.27 bits per heavy atom. The standard InChI is InChI=1S/C17H23ClN2O.ClH/c1-20(16-8-14-2-3-15(9-16)19-14)10-12-7-13(18)6-11-4-5-21-17(11)12;/h6-7,14-16,19H,2-5,8-10H2,1H3;1H. The maximum Gasteiger partial charge on any atom is 0.127 e. The molecule has 2 saturated heterocycles. The molecule has 3 aliphatic heterocycles. The summed E-state index contributed by atoms with van der Waals surface area (Å²) in [5.74, 6) is 1.09. The molecule has 0 amide bonds. The van der Waals surface area contributed by atoms with Crippen LogP contribution in [0.2, 0.25) is 5.02 Å². The lowest BCUT2D eigenvalue weighted by Crippen LogP contribution is -2.46. The van der Waals surface area contributed by atoms with Crippen LogP contribution in [0.25, 0.3) is 0 Å². The van der Waals surface area contributed by atoms with Crippen molar-refractivity contribution in [3.05, 3.63) is 28.3 Å². The second-order valence-electron chi connectivity index (χ2n) is 6.83. The second kappa shape index (κ2) is 6.56. The Bertz CT molecular complexity index is 540. The fraction of sp³-hybridized carbons (Fsp3) is 0.647. The lowest BCUT2D eigenvalue weighted by molar-refractivity contribution is 0.164. The van der Waals surface area contributed by atoms with Crippen molar-refractivity contribution in [2.24, 2.45) is 0 Å². The Labute approximate surface area is 143 Å². The van der Waals surface area contributed by atoms with Crippen LogP contribution >= 0.6 is 24.0 Å². The van der Waals surface area contributed by atoms with E-state index in [0.29, 0.717) is 6.04 Å². The van der Waals surface area contributed by atoms with Crippen LogP contribution in [0.3, 0.4) is 0 Å². The molecule has 0 aliphatic carbocycles. The molecule has 0 aromatic heterocycles. The molecule has 2 bridgehead atoms. The van der Waals surface area contributed by atoms with E-state index in [2.05, 4.69) is 29.4 Å². The van der Waals surface area contributed by atoms with Crippen LogP contribution in [-0.2, 0) is 13.0 Å². The molecule has 3 aliphatic rings. The summed E-state index contributed by atoms with van der Waals surface area (Å²) in [5, 5.41) is 4.56.